The average molecular weight is 300 g/mol. The third-order valence-electron chi connectivity index (χ3n) is 3.81. The molecule has 3 aromatic rings. The van der Waals surface area contributed by atoms with Crippen LogP contribution >= 0.6 is 11.6 Å². The largest absolute Gasteiger partial charge is 0.320 e. The Balaban J connectivity index is 2.05. The molecule has 0 aliphatic heterocycles. The van der Waals surface area contributed by atoms with Crippen LogP contribution in [0.5, 0.6) is 0 Å². The zero-order valence-electron chi connectivity index (χ0n) is 11.9. The van der Waals surface area contributed by atoms with E-state index in [2.05, 4.69) is 51.9 Å². The third kappa shape index (κ3) is 2.94. The summed E-state index contributed by atoms with van der Waals surface area (Å²) in [4.78, 5) is 0. The molecule has 1 heterocycles. The molecule has 0 spiro atoms. The molecular formula is C17H18ClN3. The van der Waals surface area contributed by atoms with E-state index in [1.807, 2.05) is 19.3 Å². The highest BCUT2D eigenvalue weighted by Gasteiger charge is 2.16. The molecule has 2 N–H and O–H groups in total. The van der Waals surface area contributed by atoms with E-state index < -0.39 is 0 Å². The van der Waals surface area contributed by atoms with Gasteiger partial charge in [0.2, 0.25) is 0 Å². The average Bonchev–Trinajstić information content (AvgIpc) is 2.98. The lowest BCUT2D eigenvalue weighted by atomic mass is 9.88. The molecule has 3 nitrogen and oxygen atoms in total. The molecule has 1 aromatic heterocycles. The quantitative estimate of drug-likeness (QED) is 0.749. The van der Waals surface area contributed by atoms with Crippen molar-refractivity contribution in [2.75, 3.05) is 13.6 Å². The maximum Gasteiger partial charge on any atom is 0.0836 e. The molecule has 2 aromatic carbocycles. The van der Waals surface area contributed by atoms with E-state index in [1.165, 1.54) is 11.1 Å². The van der Waals surface area contributed by atoms with Gasteiger partial charge in [-0.1, -0.05) is 41.9 Å². The minimum atomic E-state index is 0.329. The number of aromatic amines is 1. The molecule has 108 valence electrons. The second-order valence-electron chi connectivity index (χ2n) is 5.19. The van der Waals surface area contributed by atoms with Gasteiger partial charge in [0.25, 0.3) is 0 Å². The Labute approximate surface area is 129 Å². The molecule has 0 bridgehead atoms. The molecule has 0 aliphatic carbocycles. The fraction of sp³-hybridized carbons (Fsp3) is 0.235. The van der Waals surface area contributed by atoms with Gasteiger partial charge in [0.15, 0.2) is 0 Å². The smallest absolute Gasteiger partial charge is 0.0836 e. The Morgan fingerprint density at radius 3 is 2.76 bits per heavy atom. The van der Waals surface area contributed by atoms with Gasteiger partial charge in [-0.3, -0.25) is 5.10 Å². The molecule has 0 saturated heterocycles. The van der Waals surface area contributed by atoms with Crippen LogP contribution in [0.4, 0.5) is 0 Å². The first-order chi connectivity index (χ1) is 10.3. The van der Waals surface area contributed by atoms with Crippen LogP contribution in [0.25, 0.3) is 10.9 Å². The number of nitrogens with one attached hydrogen (secondary N) is 2. The Morgan fingerprint density at radius 1 is 1.19 bits per heavy atom. The van der Waals surface area contributed by atoms with Gasteiger partial charge in [0, 0.05) is 11.3 Å². The summed E-state index contributed by atoms with van der Waals surface area (Å²) in [6, 6.07) is 14.8. The Bertz CT molecular complexity index is 721. The van der Waals surface area contributed by atoms with E-state index in [-0.39, 0.29) is 0 Å². The Kier molecular flexibility index (Phi) is 4.23. The van der Waals surface area contributed by atoms with Crippen molar-refractivity contribution in [2.24, 2.45) is 0 Å². The summed E-state index contributed by atoms with van der Waals surface area (Å²) in [5, 5.41) is 12.0. The number of H-pyrrole nitrogens is 1. The van der Waals surface area contributed by atoms with Crippen LogP contribution in [0.2, 0.25) is 5.02 Å². The fourth-order valence-corrected chi connectivity index (χ4v) is 3.01. The van der Waals surface area contributed by atoms with E-state index in [9.17, 15) is 0 Å². The van der Waals surface area contributed by atoms with Gasteiger partial charge >= 0.3 is 0 Å². The van der Waals surface area contributed by atoms with Crippen LogP contribution in [-0.4, -0.2) is 23.8 Å². The Morgan fingerprint density at radius 2 is 2.00 bits per heavy atom. The number of aromatic nitrogens is 2. The summed E-state index contributed by atoms with van der Waals surface area (Å²) >= 11 is 6.38. The van der Waals surface area contributed by atoms with Crippen molar-refractivity contribution in [1.82, 2.24) is 15.5 Å². The molecular weight excluding hydrogens is 282 g/mol. The maximum absolute atomic E-state index is 6.38. The van der Waals surface area contributed by atoms with Crippen molar-refractivity contribution in [2.45, 2.75) is 12.3 Å². The predicted molar refractivity (Wildman–Crippen MR) is 87.9 cm³/mol. The van der Waals surface area contributed by atoms with Gasteiger partial charge in [-0.15, -0.1) is 0 Å². The first-order valence-electron chi connectivity index (χ1n) is 7.11. The lowest BCUT2D eigenvalue weighted by Gasteiger charge is -2.18. The number of fused-ring (bicyclic) bond motifs is 1. The van der Waals surface area contributed by atoms with Crippen molar-refractivity contribution in [3.8, 4) is 0 Å². The zero-order valence-corrected chi connectivity index (χ0v) is 12.7. The standard InChI is InChI=1S/C17H18ClN3/c1-19-8-7-15(12-5-3-2-4-6-12)13-9-14-11-20-21-17(14)16(18)10-13/h2-6,9-11,15,19H,7-8H2,1H3,(H,20,21)/t15-/m1/s1. The summed E-state index contributed by atoms with van der Waals surface area (Å²) in [6.07, 6.45) is 2.85. The van der Waals surface area contributed by atoms with Gasteiger partial charge < -0.3 is 5.32 Å². The van der Waals surface area contributed by atoms with E-state index in [0.29, 0.717) is 5.92 Å². The molecule has 0 radical (unpaired) electrons. The summed E-state index contributed by atoms with van der Waals surface area (Å²) in [6.45, 7) is 0.959. The highest BCUT2D eigenvalue weighted by Crippen LogP contribution is 2.32. The van der Waals surface area contributed by atoms with Crippen molar-refractivity contribution < 1.29 is 0 Å². The van der Waals surface area contributed by atoms with Crippen molar-refractivity contribution >= 4 is 22.5 Å². The minimum absolute atomic E-state index is 0.329. The summed E-state index contributed by atoms with van der Waals surface area (Å²) in [7, 11) is 1.98. The van der Waals surface area contributed by atoms with Gasteiger partial charge in [-0.05, 0) is 43.3 Å². The molecule has 4 heteroatoms. The molecule has 0 amide bonds. The topological polar surface area (TPSA) is 40.7 Å². The molecule has 0 aliphatic rings. The number of benzene rings is 2. The van der Waals surface area contributed by atoms with Crippen molar-refractivity contribution in [3.63, 3.8) is 0 Å². The van der Waals surface area contributed by atoms with E-state index in [1.54, 1.807) is 0 Å². The number of hydrogen-bond acceptors (Lipinski definition) is 2. The first-order valence-corrected chi connectivity index (χ1v) is 7.49. The summed E-state index contributed by atoms with van der Waals surface area (Å²) in [5.41, 5.74) is 3.45. The fourth-order valence-electron chi connectivity index (χ4n) is 2.74. The molecule has 3 rings (SSSR count). The lowest BCUT2D eigenvalue weighted by Crippen LogP contribution is -2.13. The van der Waals surface area contributed by atoms with Gasteiger partial charge in [0.05, 0.1) is 16.7 Å². The van der Waals surface area contributed by atoms with E-state index in [0.717, 1.165) is 28.9 Å². The number of hydrogen-bond donors (Lipinski definition) is 2. The van der Waals surface area contributed by atoms with E-state index >= 15 is 0 Å². The van der Waals surface area contributed by atoms with Crippen LogP contribution in [0.15, 0.2) is 48.7 Å². The van der Waals surface area contributed by atoms with Crippen LogP contribution in [-0.2, 0) is 0 Å². The van der Waals surface area contributed by atoms with Crippen LogP contribution in [0.3, 0.4) is 0 Å². The normalized spacial score (nSPS) is 12.7. The van der Waals surface area contributed by atoms with Gasteiger partial charge in [-0.25, -0.2) is 0 Å². The second kappa shape index (κ2) is 6.29. The molecule has 0 fully saturated rings. The minimum Gasteiger partial charge on any atom is -0.320 e. The predicted octanol–water partition coefficient (Wildman–Crippen LogP) is 3.96. The maximum atomic E-state index is 6.38. The third-order valence-corrected chi connectivity index (χ3v) is 4.11. The van der Waals surface area contributed by atoms with Crippen molar-refractivity contribution in [1.29, 1.82) is 0 Å². The zero-order chi connectivity index (χ0) is 14.7. The second-order valence-corrected chi connectivity index (χ2v) is 5.60. The number of halogens is 1. The van der Waals surface area contributed by atoms with Gasteiger partial charge in [-0.2, -0.15) is 5.10 Å². The number of nitrogens with zero attached hydrogens (tertiary/aromatic N) is 1. The number of rotatable bonds is 5. The molecule has 0 saturated carbocycles. The SMILES string of the molecule is CNCC[C@H](c1ccccc1)c1cc(Cl)c2[nH]ncc2c1. The first kappa shape index (κ1) is 14.1. The summed E-state index contributed by atoms with van der Waals surface area (Å²) in [5.74, 6) is 0.329. The highest BCUT2D eigenvalue weighted by molar-refractivity contribution is 6.35. The van der Waals surface area contributed by atoms with Crippen LogP contribution in [0.1, 0.15) is 23.5 Å². The Hall–Kier alpha value is -1.84. The highest BCUT2D eigenvalue weighted by atomic mass is 35.5. The molecule has 1 atom stereocenters. The molecule has 0 unspecified atom stereocenters. The van der Waals surface area contributed by atoms with E-state index in [4.69, 9.17) is 11.6 Å². The monoisotopic (exact) mass is 299 g/mol. The van der Waals surface area contributed by atoms with Crippen LogP contribution < -0.4 is 5.32 Å². The van der Waals surface area contributed by atoms with Gasteiger partial charge in [0.1, 0.15) is 0 Å². The lowest BCUT2D eigenvalue weighted by molar-refractivity contribution is 0.662. The molecule has 21 heavy (non-hydrogen) atoms. The summed E-state index contributed by atoms with van der Waals surface area (Å²) < 4.78 is 0. The van der Waals surface area contributed by atoms with Crippen LogP contribution in [0, 0.1) is 0 Å². The van der Waals surface area contributed by atoms with Crippen molar-refractivity contribution in [3.05, 3.63) is 64.8 Å².